The monoisotopic (exact) mass is 321 g/mol. The number of nitrogens with zero attached hydrogens (tertiary/aromatic N) is 3. The van der Waals surface area contributed by atoms with Gasteiger partial charge in [-0.1, -0.05) is 6.07 Å². The smallest absolute Gasteiger partial charge is 0.191 e. The zero-order chi connectivity index (χ0) is 16.8. The molecule has 0 aliphatic carbocycles. The Hall–Kier alpha value is -2.44. The van der Waals surface area contributed by atoms with Crippen LogP contribution in [0.4, 0.5) is 8.78 Å². The molecule has 2 aromatic rings. The Balaban J connectivity index is 1.87. The van der Waals surface area contributed by atoms with Gasteiger partial charge in [-0.15, -0.1) is 0 Å². The third-order valence-electron chi connectivity index (χ3n) is 3.42. The molecule has 124 valence electrons. The molecule has 0 spiro atoms. The largest absolute Gasteiger partial charge is 0.355 e. The molecule has 0 fully saturated rings. The lowest BCUT2D eigenvalue weighted by molar-refractivity contribution is 0.504. The van der Waals surface area contributed by atoms with E-state index >= 15 is 0 Å². The predicted octanol–water partition coefficient (Wildman–Crippen LogP) is 2.40. The van der Waals surface area contributed by atoms with Crippen molar-refractivity contribution in [1.82, 2.24) is 20.4 Å². The van der Waals surface area contributed by atoms with Crippen LogP contribution in [0.5, 0.6) is 0 Å². The molecule has 2 N–H and O–H groups in total. The fraction of sp³-hybridized carbons (Fsp3) is 0.375. The van der Waals surface area contributed by atoms with Gasteiger partial charge in [0.15, 0.2) is 17.6 Å². The topological polar surface area (TPSA) is 54.2 Å². The van der Waals surface area contributed by atoms with E-state index < -0.39 is 11.6 Å². The Morgan fingerprint density at radius 3 is 2.74 bits per heavy atom. The highest BCUT2D eigenvalue weighted by Crippen LogP contribution is 2.15. The first-order chi connectivity index (χ1) is 11.0. The van der Waals surface area contributed by atoms with Crippen molar-refractivity contribution in [2.45, 2.75) is 26.4 Å². The van der Waals surface area contributed by atoms with E-state index in [9.17, 15) is 8.78 Å². The molecule has 0 amide bonds. The van der Waals surface area contributed by atoms with Crippen LogP contribution in [-0.2, 0) is 6.54 Å². The highest BCUT2D eigenvalue weighted by Gasteiger charge is 2.10. The first kappa shape index (κ1) is 16.9. The third-order valence-corrected chi connectivity index (χ3v) is 3.42. The van der Waals surface area contributed by atoms with Crippen molar-refractivity contribution in [3.05, 3.63) is 53.4 Å². The number of aryl methyl sites for hydroxylation is 1. The third kappa shape index (κ3) is 4.77. The standard InChI is InChI=1S/C16H21F2N5/c1-11-9-21-23(10-11)7-6-20-16(19-3)22-12(2)13-4-5-14(17)15(18)8-13/h4-5,8-10,12H,6-7H2,1-3H3,(H2,19,20,22). The molecule has 0 bridgehead atoms. The van der Waals surface area contributed by atoms with Crippen LogP contribution in [-0.4, -0.2) is 29.3 Å². The molecule has 1 unspecified atom stereocenters. The number of nitrogens with one attached hydrogen (secondary N) is 2. The summed E-state index contributed by atoms with van der Waals surface area (Å²) >= 11 is 0. The Bertz CT molecular complexity index is 681. The summed E-state index contributed by atoms with van der Waals surface area (Å²) < 4.78 is 28.1. The van der Waals surface area contributed by atoms with Gasteiger partial charge in [0.2, 0.25) is 0 Å². The first-order valence-electron chi connectivity index (χ1n) is 7.41. The molecule has 0 saturated heterocycles. The second-order valence-electron chi connectivity index (χ2n) is 5.32. The molecule has 1 aromatic heterocycles. The Morgan fingerprint density at radius 1 is 1.35 bits per heavy atom. The molecule has 2 rings (SSSR count). The van der Waals surface area contributed by atoms with E-state index in [4.69, 9.17) is 0 Å². The van der Waals surface area contributed by atoms with Crippen molar-refractivity contribution in [3.8, 4) is 0 Å². The SMILES string of the molecule is CN=C(NCCn1cc(C)cn1)NC(C)c1ccc(F)c(F)c1. The lowest BCUT2D eigenvalue weighted by Gasteiger charge is -2.18. The number of hydrogen-bond acceptors (Lipinski definition) is 2. The van der Waals surface area contributed by atoms with Gasteiger partial charge in [0, 0.05) is 19.8 Å². The summed E-state index contributed by atoms with van der Waals surface area (Å²) in [5.74, 6) is -1.11. The van der Waals surface area contributed by atoms with E-state index in [2.05, 4.69) is 20.7 Å². The number of aromatic nitrogens is 2. The first-order valence-corrected chi connectivity index (χ1v) is 7.41. The molecule has 1 atom stereocenters. The molecule has 1 heterocycles. The van der Waals surface area contributed by atoms with Gasteiger partial charge in [-0.2, -0.15) is 5.10 Å². The van der Waals surface area contributed by atoms with Crippen molar-refractivity contribution in [1.29, 1.82) is 0 Å². The molecule has 5 nitrogen and oxygen atoms in total. The molecule has 0 saturated carbocycles. The van der Waals surface area contributed by atoms with Crippen LogP contribution < -0.4 is 10.6 Å². The van der Waals surface area contributed by atoms with Gasteiger partial charge in [0.05, 0.1) is 18.8 Å². The predicted molar refractivity (Wildman–Crippen MR) is 86.2 cm³/mol. The fourth-order valence-electron chi connectivity index (χ4n) is 2.14. The van der Waals surface area contributed by atoms with Crippen molar-refractivity contribution in [3.63, 3.8) is 0 Å². The summed E-state index contributed by atoms with van der Waals surface area (Å²) in [6.07, 6.45) is 3.76. The van der Waals surface area contributed by atoms with Gasteiger partial charge in [0.1, 0.15) is 0 Å². The van der Waals surface area contributed by atoms with Crippen molar-refractivity contribution >= 4 is 5.96 Å². The minimum absolute atomic E-state index is 0.205. The van der Waals surface area contributed by atoms with Crippen LogP contribution in [0.25, 0.3) is 0 Å². The lowest BCUT2D eigenvalue weighted by Crippen LogP contribution is -2.40. The van der Waals surface area contributed by atoms with Crippen LogP contribution in [0.1, 0.15) is 24.1 Å². The molecule has 23 heavy (non-hydrogen) atoms. The Kier molecular flexibility index (Phi) is 5.67. The summed E-state index contributed by atoms with van der Waals surface area (Å²) in [5, 5.41) is 10.5. The van der Waals surface area contributed by atoms with Crippen molar-refractivity contribution in [2.24, 2.45) is 4.99 Å². The van der Waals surface area contributed by atoms with E-state index in [0.717, 1.165) is 11.6 Å². The van der Waals surface area contributed by atoms with E-state index in [1.54, 1.807) is 19.3 Å². The van der Waals surface area contributed by atoms with Crippen molar-refractivity contribution < 1.29 is 8.78 Å². The minimum Gasteiger partial charge on any atom is -0.355 e. The summed E-state index contributed by atoms with van der Waals surface area (Å²) in [7, 11) is 1.66. The molecule has 7 heteroatoms. The molecular weight excluding hydrogens is 300 g/mol. The van der Waals surface area contributed by atoms with Crippen LogP contribution in [0, 0.1) is 18.6 Å². The summed E-state index contributed by atoms with van der Waals surface area (Å²) in [4.78, 5) is 4.13. The number of guanidine groups is 1. The number of hydrogen-bond donors (Lipinski definition) is 2. The zero-order valence-corrected chi connectivity index (χ0v) is 13.5. The van der Waals surface area contributed by atoms with Gasteiger partial charge in [0.25, 0.3) is 0 Å². The lowest BCUT2D eigenvalue weighted by atomic mass is 10.1. The molecule has 0 radical (unpaired) electrons. The average Bonchev–Trinajstić information content (AvgIpc) is 2.94. The number of rotatable bonds is 5. The Morgan fingerprint density at radius 2 is 2.13 bits per heavy atom. The zero-order valence-electron chi connectivity index (χ0n) is 13.5. The quantitative estimate of drug-likeness (QED) is 0.657. The van der Waals surface area contributed by atoms with Gasteiger partial charge >= 0.3 is 0 Å². The van der Waals surface area contributed by atoms with E-state index in [1.165, 1.54) is 6.07 Å². The summed E-state index contributed by atoms with van der Waals surface area (Å²) in [5.41, 5.74) is 1.76. The maximum absolute atomic E-state index is 13.3. The van der Waals surface area contributed by atoms with Crippen LogP contribution >= 0.6 is 0 Å². The maximum Gasteiger partial charge on any atom is 0.191 e. The normalized spacial score (nSPS) is 13.0. The highest BCUT2D eigenvalue weighted by atomic mass is 19.2. The highest BCUT2D eigenvalue weighted by molar-refractivity contribution is 5.80. The van der Waals surface area contributed by atoms with E-state index in [0.29, 0.717) is 24.6 Å². The van der Waals surface area contributed by atoms with E-state index in [1.807, 2.05) is 24.7 Å². The van der Waals surface area contributed by atoms with Gasteiger partial charge in [-0.3, -0.25) is 9.67 Å². The second kappa shape index (κ2) is 7.71. The Labute approximate surface area is 134 Å². The summed E-state index contributed by atoms with van der Waals surface area (Å²) in [6, 6.07) is 3.66. The van der Waals surface area contributed by atoms with Crippen LogP contribution in [0.15, 0.2) is 35.6 Å². The molecule has 1 aromatic carbocycles. The average molecular weight is 321 g/mol. The van der Waals surface area contributed by atoms with Gasteiger partial charge < -0.3 is 10.6 Å². The summed E-state index contributed by atoms with van der Waals surface area (Å²) in [6.45, 7) is 5.19. The number of benzene rings is 1. The number of halogens is 2. The molecule has 0 aliphatic heterocycles. The van der Waals surface area contributed by atoms with Gasteiger partial charge in [-0.25, -0.2) is 8.78 Å². The van der Waals surface area contributed by atoms with Crippen LogP contribution in [0.3, 0.4) is 0 Å². The van der Waals surface area contributed by atoms with Crippen LogP contribution in [0.2, 0.25) is 0 Å². The number of aliphatic imine (C=N–C) groups is 1. The minimum atomic E-state index is -0.854. The molecule has 0 aliphatic rings. The second-order valence-corrected chi connectivity index (χ2v) is 5.32. The molecular formula is C16H21F2N5. The van der Waals surface area contributed by atoms with Crippen molar-refractivity contribution in [2.75, 3.05) is 13.6 Å². The maximum atomic E-state index is 13.3. The fourth-order valence-corrected chi connectivity index (χ4v) is 2.14. The van der Waals surface area contributed by atoms with Gasteiger partial charge in [-0.05, 0) is 37.1 Å². The van der Waals surface area contributed by atoms with E-state index in [-0.39, 0.29) is 6.04 Å².